The molecule has 0 aliphatic carbocycles. The molecule has 0 atom stereocenters. The standard InChI is InChI=1S/C13H16F3N3O4S/c1-9(20)18-10-3-5-11(6-4-10)24(22,23)19(2)7-12(21)17-8-13(14,15)16/h3-6H,7-8H2,1-2H3,(H,17,21)(H,18,20). The molecule has 134 valence electrons. The van der Waals surface area contributed by atoms with Crippen LogP contribution in [0.5, 0.6) is 0 Å². The summed E-state index contributed by atoms with van der Waals surface area (Å²) in [4.78, 5) is 22.1. The molecule has 24 heavy (non-hydrogen) atoms. The van der Waals surface area contributed by atoms with Crippen LogP contribution in [-0.4, -0.2) is 50.9 Å². The molecule has 7 nitrogen and oxygen atoms in total. The van der Waals surface area contributed by atoms with Gasteiger partial charge in [-0.15, -0.1) is 0 Å². The maximum atomic E-state index is 12.2. The average molecular weight is 367 g/mol. The summed E-state index contributed by atoms with van der Waals surface area (Å²) < 4.78 is 61.1. The first-order valence-electron chi connectivity index (χ1n) is 6.59. The van der Waals surface area contributed by atoms with E-state index in [2.05, 4.69) is 5.32 Å². The Hall–Kier alpha value is -2.14. The number of sulfonamides is 1. The fourth-order valence-electron chi connectivity index (χ4n) is 1.64. The molecule has 0 heterocycles. The summed E-state index contributed by atoms with van der Waals surface area (Å²) in [6, 6.07) is 5.13. The average Bonchev–Trinajstić information content (AvgIpc) is 2.44. The summed E-state index contributed by atoms with van der Waals surface area (Å²) in [6.45, 7) is -1.00. The van der Waals surface area contributed by atoms with Gasteiger partial charge in [-0.2, -0.15) is 17.5 Å². The molecule has 0 aliphatic rings. The molecule has 11 heteroatoms. The molecule has 0 aliphatic heterocycles. The Morgan fingerprint density at radius 1 is 1.17 bits per heavy atom. The van der Waals surface area contributed by atoms with E-state index in [0.717, 1.165) is 7.05 Å². The van der Waals surface area contributed by atoms with Crippen molar-refractivity contribution >= 4 is 27.5 Å². The molecule has 0 unspecified atom stereocenters. The molecule has 0 aromatic heterocycles. The molecule has 0 bridgehead atoms. The van der Waals surface area contributed by atoms with Crippen LogP contribution in [0.25, 0.3) is 0 Å². The first-order chi connectivity index (χ1) is 10.9. The Balaban J connectivity index is 2.76. The van der Waals surface area contributed by atoms with E-state index < -0.39 is 35.2 Å². The molecule has 2 amide bonds. The number of nitrogens with one attached hydrogen (secondary N) is 2. The van der Waals surface area contributed by atoms with Gasteiger partial charge in [-0.3, -0.25) is 9.59 Å². The van der Waals surface area contributed by atoms with Crippen LogP contribution in [0.2, 0.25) is 0 Å². The van der Waals surface area contributed by atoms with E-state index in [1.54, 1.807) is 5.32 Å². The number of alkyl halides is 3. The van der Waals surface area contributed by atoms with Crippen molar-refractivity contribution in [2.75, 3.05) is 25.5 Å². The highest BCUT2D eigenvalue weighted by Gasteiger charge is 2.29. The maximum Gasteiger partial charge on any atom is 0.405 e. The van der Waals surface area contributed by atoms with Crippen LogP contribution in [0.1, 0.15) is 6.92 Å². The summed E-state index contributed by atoms with van der Waals surface area (Å²) >= 11 is 0. The Kier molecular flexibility index (Phi) is 6.32. The van der Waals surface area contributed by atoms with E-state index in [1.807, 2.05) is 0 Å². The number of anilines is 1. The number of benzene rings is 1. The number of hydrogen-bond donors (Lipinski definition) is 2. The van der Waals surface area contributed by atoms with Gasteiger partial charge in [-0.05, 0) is 24.3 Å². The zero-order chi connectivity index (χ0) is 18.5. The van der Waals surface area contributed by atoms with Crippen molar-refractivity contribution in [3.63, 3.8) is 0 Å². The Labute approximate surface area is 136 Å². The largest absolute Gasteiger partial charge is 0.405 e. The molecule has 0 saturated carbocycles. The molecule has 2 N–H and O–H groups in total. The highest BCUT2D eigenvalue weighted by molar-refractivity contribution is 7.89. The van der Waals surface area contributed by atoms with Crippen LogP contribution in [-0.2, 0) is 19.6 Å². The second-order valence-corrected chi connectivity index (χ2v) is 6.90. The zero-order valence-corrected chi connectivity index (χ0v) is 13.7. The van der Waals surface area contributed by atoms with Crippen LogP contribution in [0.3, 0.4) is 0 Å². The molecular formula is C13H16F3N3O4S. The number of amides is 2. The summed E-state index contributed by atoms with van der Waals surface area (Å²) in [5.74, 6) is -1.41. The fraction of sp³-hybridized carbons (Fsp3) is 0.385. The van der Waals surface area contributed by atoms with Crippen molar-refractivity contribution in [1.29, 1.82) is 0 Å². The quantitative estimate of drug-likeness (QED) is 0.782. The summed E-state index contributed by atoms with van der Waals surface area (Å²) in [7, 11) is -2.98. The van der Waals surface area contributed by atoms with E-state index >= 15 is 0 Å². The number of rotatable bonds is 6. The van der Waals surface area contributed by atoms with E-state index in [9.17, 15) is 31.2 Å². The van der Waals surface area contributed by atoms with Crippen LogP contribution in [0.15, 0.2) is 29.2 Å². The number of hydrogen-bond acceptors (Lipinski definition) is 4. The van der Waals surface area contributed by atoms with Gasteiger partial charge >= 0.3 is 6.18 Å². The normalized spacial score (nSPS) is 12.1. The van der Waals surface area contributed by atoms with Crippen LogP contribution in [0.4, 0.5) is 18.9 Å². The van der Waals surface area contributed by atoms with Gasteiger partial charge in [-0.25, -0.2) is 8.42 Å². The minimum Gasteiger partial charge on any atom is -0.346 e. The van der Waals surface area contributed by atoms with Gasteiger partial charge in [0.05, 0.1) is 11.4 Å². The number of nitrogens with zero attached hydrogens (tertiary/aromatic N) is 1. The van der Waals surface area contributed by atoms with Crippen molar-refractivity contribution < 1.29 is 31.2 Å². The minimum absolute atomic E-state index is 0.164. The van der Waals surface area contributed by atoms with Crippen molar-refractivity contribution in [1.82, 2.24) is 9.62 Å². The van der Waals surface area contributed by atoms with E-state index in [1.165, 1.54) is 31.2 Å². The third-order valence-corrected chi connectivity index (χ3v) is 4.55. The lowest BCUT2D eigenvalue weighted by Gasteiger charge is -2.17. The van der Waals surface area contributed by atoms with Crippen LogP contribution >= 0.6 is 0 Å². The Bertz CT molecular complexity index is 702. The number of carbonyl (C=O) groups is 2. The van der Waals surface area contributed by atoms with Gasteiger partial charge in [0.2, 0.25) is 21.8 Å². The van der Waals surface area contributed by atoms with E-state index in [-0.39, 0.29) is 10.8 Å². The summed E-state index contributed by atoms with van der Waals surface area (Å²) in [5, 5.41) is 4.05. The van der Waals surface area contributed by atoms with Crippen molar-refractivity contribution in [3.8, 4) is 0 Å². The molecule has 1 rings (SSSR count). The predicted molar refractivity (Wildman–Crippen MR) is 79.6 cm³/mol. The lowest BCUT2D eigenvalue weighted by molar-refractivity contribution is -0.138. The second kappa shape index (κ2) is 7.62. The molecule has 0 saturated heterocycles. The van der Waals surface area contributed by atoms with Crippen LogP contribution < -0.4 is 10.6 Å². The fourth-order valence-corrected chi connectivity index (χ4v) is 2.76. The SMILES string of the molecule is CC(=O)Nc1ccc(S(=O)(=O)N(C)CC(=O)NCC(F)(F)F)cc1. The van der Waals surface area contributed by atoms with E-state index in [0.29, 0.717) is 9.99 Å². The van der Waals surface area contributed by atoms with Crippen molar-refractivity contribution in [3.05, 3.63) is 24.3 Å². The summed E-state index contributed by atoms with van der Waals surface area (Å²) in [5.41, 5.74) is 0.382. The minimum atomic E-state index is -4.58. The van der Waals surface area contributed by atoms with Crippen molar-refractivity contribution in [2.24, 2.45) is 0 Å². The lowest BCUT2D eigenvalue weighted by Crippen LogP contribution is -2.41. The van der Waals surface area contributed by atoms with Gasteiger partial charge in [0.25, 0.3) is 0 Å². The molecule has 0 fully saturated rings. The highest BCUT2D eigenvalue weighted by atomic mass is 32.2. The van der Waals surface area contributed by atoms with Crippen molar-refractivity contribution in [2.45, 2.75) is 18.0 Å². The Morgan fingerprint density at radius 2 is 1.71 bits per heavy atom. The topological polar surface area (TPSA) is 95.6 Å². The monoisotopic (exact) mass is 367 g/mol. The van der Waals surface area contributed by atoms with Gasteiger partial charge < -0.3 is 10.6 Å². The molecular weight excluding hydrogens is 351 g/mol. The van der Waals surface area contributed by atoms with E-state index in [4.69, 9.17) is 0 Å². The van der Waals surface area contributed by atoms with Gasteiger partial charge in [0.1, 0.15) is 6.54 Å². The lowest BCUT2D eigenvalue weighted by atomic mass is 10.3. The molecule has 1 aromatic rings. The molecule has 0 spiro atoms. The molecule has 0 radical (unpaired) electrons. The third kappa shape index (κ3) is 6.16. The zero-order valence-electron chi connectivity index (χ0n) is 12.8. The van der Waals surface area contributed by atoms with Gasteiger partial charge in [0.15, 0.2) is 0 Å². The predicted octanol–water partition coefficient (Wildman–Crippen LogP) is 0.944. The second-order valence-electron chi connectivity index (χ2n) is 4.86. The van der Waals surface area contributed by atoms with Gasteiger partial charge in [-0.1, -0.05) is 0 Å². The third-order valence-electron chi connectivity index (χ3n) is 2.74. The number of halogens is 3. The Morgan fingerprint density at radius 3 is 2.17 bits per heavy atom. The number of likely N-dealkylation sites (N-methyl/N-ethyl adjacent to an activating group) is 1. The smallest absolute Gasteiger partial charge is 0.346 e. The summed E-state index contributed by atoms with van der Waals surface area (Å²) in [6.07, 6.45) is -4.58. The molecule has 1 aromatic carbocycles. The maximum absolute atomic E-state index is 12.2. The number of carbonyl (C=O) groups excluding carboxylic acids is 2. The first kappa shape index (κ1) is 19.9. The van der Waals surface area contributed by atoms with Gasteiger partial charge in [0, 0.05) is 19.7 Å². The highest BCUT2D eigenvalue weighted by Crippen LogP contribution is 2.17. The van der Waals surface area contributed by atoms with Crippen LogP contribution in [0, 0.1) is 0 Å². The first-order valence-corrected chi connectivity index (χ1v) is 8.03.